The second-order valence-corrected chi connectivity index (χ2v) is 7.93. The molecule has 1 fully saturated rings. The van der Waals surface area contributed by atoms with E-state index in [1.54, 1.807) is 0 Å². The summed E-state index contributed by atoms with van der Waals surface area (Å²) >= 11 is 0. The van der Waals surface area contributed by atoms with Crippen LogP contribution in [0.4, 0.5) is 5.69 Å². The van der Waals surface area contributed by atoms with Crippen LogP contribution in [0, 0.1) is 18.8 Å². The Morgan fingerprint density at radius 3 is 2.89 bits per heavy atom. The van der Waals surface area contributed by atoms with Gasteiger partial charge in [-0.15, -0.1) is 0 Å². The second kappa shape index (κ2) is 9.22. The first-order valence-electron chi connectivity index (χ1n) is 10.0. The van der Waals surface area contributed by atoms with Gasteiger partial charge in [0.05, 0.1) is 11.6 Å². The van der Waals surface area contributed by atoms with Gasteiger partial charge in [-0.2, -0.15) is 0 Å². The van der Waals surface area contributed by atoms with E-state index >= 15 is 0 Å². The molecule has 6 heteroatoms. The van der Waals surface area contributed by atoms with Crippen molar-refractivity contribution in [1.29, 1.82) is 0 Å². The van der Waals surface area contributed by atoms with E-state index in [0.29, 0.717) is 18.0 Å². The van der Waals surface area contributed by atoms with Crippen molar-refractivity contribution in [2.75, 3.05) is 38.1 Å². The van der Waals surface area contributed by atoms with Crippen molar-refractivity contribution in [3.8, 4) is 5.75 Å². The number of ether oxygens (including phenoxy) is 1. The first-order valence-corrected chi connectivity index (χ1v) is 10.0. The molecule has 0 radical (unpaired) electrons. The molecule has 27 heavy (non-hydrogen) atoms. The van der Waals surface area contributed by atoms with E-state index in [9.17, 15) is 9.59 Å². The summed E-state index contributed by atoms with van der Waals surface area (Å²) in [5.41, 5.74) is 1.73. The molecule has 0 saturated carbocycles. The van der Waals surface area contributed by atoms with Crippen molar-refractivity contribution in [2.45, 2.75) is 39.5 Å². The largest absolute Gasteiger partial charge is 0.491 e. The summed E-state index contributed by atoms with van der Waals surface area (Å²) in [5, 5.41) is 5.83. The maximum Gasteiger partial charge on any atom is 0.231 e. The third-order valence-electron chi connectivity index (χ3n) is 5.49. The number of piperidine rings is 1. The molecule has 0 spiro atoms. The van der Waals surface area contributed by atoms with Crippen LogP contribution in [-0.2, 0) is 9.59 Å². The Labute approximate surface area is 161 Å². The molecule has 1 saturated heterocycles. The van der Waals surface area contributed by atoms with E-state index in [2.05, 4.69) is 22.5 Å². The van der Waals surface area contributed by atoms with E-state index < -0.39 is 5.92 Å². The SMILES string of the molecule is Cc1ccc2c(c1)NC(=O)C(CC(=O)NCCCN1CCC(C)CC1)CO2. The molecule has 2 aliphatic heterocycles. The van der Waals surface area contributed by atoms with E-state index in [-0.39, 0.29) is 24.8 Å². The standard InChI is InChI=1S/C21H31N3O3/c1-15-6-10-24(11-7-15)9-3-8-22-20(25)13-17-14-27-19-5-4-16(2)12-18(19)23-21(17)26/h4-5,12,15,17H,3,6-11,13-14H2,1-2H3,(H,22,25)(H,23,26). The summed E-state index contributed by atoms with van der Waals surface area (Å²) in [5.74, 6) is 0.781. The summed E-state index contributed by atoms with van der Waals surface area (Å²) in [6, 6.07) is 5.69. The summed E-state index contributed by atoms with van der Waals surface area (Å²) < 4.78 is 5.73. The van der Waals surface area contributed by atoms with Crippen LogP contribution in [0.1, 0.15) is 38.2 Å². The first kappa shape index (κ1) is 19.7. The predicted molar refractivity (Wildman–Crippen MR) is 106 cm³/mol. The molecule has 2 N–H and O–H groups in total. The van der Waals surface area contributed by atoms with Crippen molar-refractivity contribution < 1.29 is 14.3 Å². The van der Waals surface area contributed by atoms with Crippen LogP contribution >= 0.6 is 0 Å². The number of likely N-dealkylation sites (tertiary alicyclic amines) is 1. The van der Waals surface area contributed by atoms with Crippen LogP contribution in [-0.4, -0.2) is 49.5 Å². The number of amides is 2. The normalized spacial score (nSPS) is 21.0. The Morgan fingerprint density at radius 1 is 1.33 bits per heavy atom. The van der Waals surface area contributed by atoms with Crippen LogP contribution in [0.15, 0.2) is 18.2 Å². The van der Waals surface area contributed by atoms with E-state index in [1.807, 2.05) is 25.1 Å². The number of nitrogens with one attached hydrogen (secondary N) is 2. The van der Waals surface area contributed by atoms with Gasteiger partial charge in [0.1, 0.15) is 12.4 Å². The lowest BCUT2D eigenvalue weighted by Crippen LogP contribution is -2.36. The molecule has 0 bridgehead atoms. The predicted octanol–water partition coefficient (Wildman–Crippen LogP) is 2.57. The molecule has 1 unspecified atom stereocenters. The van der Waals surface area contributed by atoms with Crippen molar-refractivity contribution in [3.63, 3.8) is 0 Å². The van der Waals surface area contributed by atoms with E-state index in [0.717, 1.165) is 37.5 Å². The summed E-state index contributed by atoms with van der Waals surface area (Å²) in [6.45, 7) is 8.50. The highest BCUT2D eigenvalue weighted by Crippen LogP contribution is 2.29. The van der Waals surface area contributed by atoms with Gasteiger partial charge in [0, 0.05) is 13.0 Å². The lowest BCUT2D eigenvalue weighted by molar-refractivity contribution is -0.128. The smallest absolute Gasteiger partial charge is 0.231 e. The number of hydrogen-bond donors (Lipinski definition) is 2. The number of carbonyl (C=O) groups is 2. The van der Waals surface area contributed by atoms with Gasteiger partial charge in [0.15, 0.2) is 0 Å². The van der Waals surface area contributed by atoms with Crippen LogP contribution in [0.5, 0.6) is 5.75 Å². The molecule has 3 rings (SSSR count). The number of anilines is 1. The number of rotatable bonds is 6. The number of fused-ring (bicyclic) bond motifs is 1. The second-order valence-electron chi connectivity index (χ2n) is 7.93. The van der Waals surface area contributed by atoms with Crippen LogP contribution < -0.4 is 15.4 Å². The summed E-state index contributed by atoms with van der Waals surface area (Å²) in [6.07, 6.45) is 3.63. The average Bonchev–Trinajstić information content (AvgIpc) is 2.79. The molecule has 1 aromatic rings. The third-order valence-corrected chi connectivity index (χ3v) is 5.49. The Bertz CT molecular complexity index is 669. The van der Waals surface area contributed by atoms with Gasteiger partial charge in [-0.05, 0) is 69.4 Å². The maximum atomic E-state index is 12.4. The molecule has 1 atom stereocenters. The fourth-order valence-electron chi connectivity index (χ4n) is 3.63. The van der Waals surface area contributed by atoms with Crippen LogP contribution in [0.25, 0.3) is 0 Å². The van der Waals surface area contributed by atoms with E-state index in [4.69, 9.17) is 4.74 Å². The zero-order chi connectivity index (χ0) is 19.2. The minimum Gasteiger partial charge on any atom is -0.491 e. The monoisotopic (exact) mass is 373 g/mol. The molecule has 6 nitrogen and oxygen atoms in total. The average molecular weight is 373 g/mol. The molecule has 0 aromatic heterocycles. The lowest BCUT2D eigenvalue weighted by Gasteiger charge is -2.30. The minimum atomic E-state index is -0.471. The highest BCUT2D eigenvalue weighted by molar-refractivity contribution is 5.97. The van der Waals surface area contributed by atoms with Crippen molar-refractivity contribution in [3.05, 3.63) is 23.8 Å². The van der Waals surface area contributed by atoms with Gasteiger partial charge in [-0.3, -0.25) is 9.59 Å². The van der Waals surface area contributed by atoms with Gasteiger partial charge in [-0.1, -0.05) is 13.0 Å². The number of carbonyl (C=O) groups excluding carboxylic acids is 2. The zero-order valence-electron chi connectivity index (χ0n) is 16.4. The molecule has 1 aromatic carbocycles. The zero-order valence-corrected chi connectivity index (χ0v) is 16.4. The Kier molecular flexibility index (Phi) is 6.72. The van der Waals surface area contributed by atoms with Gasteiger partial charge in [0.25, 0.3) is 0 Å². The van der Waals surface area contributed by atoms with Crippen molar-refractivity contribution in [1.82, 2.24) is 10.2 Å². The van der Waals surface area contributed by atoms with Gasteiger partial charge >= 0.3 is 0 Å². The fourth-order valence-corrected chi connectivity index (χ4v) is 3.63. The van der Waals surface area contributed by atoms with Gasteiger partial charge < -0.3 is 20.3 Å². The molecular formula is C21H31N3O3. The van der Waals surface area contributed by atoms with Crippen LogP contribution in [0.3, 0.4) is 0 Å². The van der Waals surface area contributed by atoms with Crippen LogP contribution in [0.2, 0.25) is 0 Å². The lowest BCUT2D eigenvalue weighted by atomic mass is 9.99. The van der Waals surface area contributed by atoms with Crippen molar-refractivity contribution >= 4 is 17.5 Å². The maximum absolute atomic E-state index is 12.4. The van der Waals surface area contributed by atoms with Gasteiger partial charge in [-0.25, -0.2) is 0 Å². The first-order chi connectivity index (χ1) is 13.0. The van der Waals surface area contributed by atoms with Gasteiger partial charge in [0.2, 0.25) is 11.8 Å². The Morgan fingerprint density at radius 2 is 2.11 bits per heavy atom. The molecule has 2 amide bonds. The molecular weight excluding hydrogens is 342 g/mol. The fraction of sp³-hybridized carbons (Fsp3) is 0.619. The van der Waals surface area contributed by atoms with E-state index in [1.165, 1.54) is 12.8 Å². The van der Waals surface area contributed by atoms with Crippen molar-refractivity contribution in [2.24, 2.45) is 11.8 Å². The molecule has 2 heterocycles. The molecule has 0 aliphatic carbocycles. The Hall–Kier alpha value is -2.08. The highest BCUT2D eigenvalue weighted by atomic mass is 16.5. The third kappa shape index (κ3) is 5.70. The topological polar surface area (TPSA) is 70.7 Å². The minimum absolute atomic E-state index is 0.0897. The number of aryl methyl sites for hydroxylation is 1. The Balaban J connectivity index is 1.38. The number of benzene rings is 1. The number of hydrogen-bond acceptors (Lipinski definition) is 4. The summed E-state index contributed by atoms with van der Waals surface area (Å²) in [4.78, 5) is 27.1. The summed E-state index contributed by atoms with van der Waals surface area (Å²) in [7, 11) is 0. The highest BCUT2D eigenvalue weighted by Gasteiger charge is 2.27. The molecule has 148 valence electrons. The number of nitrogens with zero attached hydrogens (tertiary/aromatic N) is 1. The quantitative estimate of drug-likeness (QED) is 0.752. The molecule has 2 aliphatic rings.